The molecule has 4 nitrogen and oxygen atoms in total. The lowest BCUT2D eigenvalue weighted by molar-refractivity contribution is -0.147. The summed E-state index contributed by atoms with van der Waals surface area (Å²) in [6.45, 7) is 1.76. The van der Waals surface area contributed by atoms with Crippen LogP contribution in [0.5, 0.6) is 0 Å². The smallest absolute Gasteiger partial charge is 0.305 e. The standard InChI is InChI=1S/C24H44O4/c1-2-3-4-5-6-7-8-9-10-11-12-13-14-15-16-17-18-19-20-24(27)28-22-23(26)21-25/h7-8,10-11,23,25-26H,2-6,9,12-22H2,1H3/b8-7-,11-10-. The monoisotopic (exact) mass is 396 g/mol. The van der Waals surface area contributed by atoms with Gasteiger partial charge in [0.15, 0.2) is 0 Å². The Bertz CT molecular complexity index is 390. The van der Waals surface area contributed by atoms with Crippen LogP contribution in [0, 0.1) is 0 Å². The van der Waals surface area contributed by atoms with Gasteiger partial charge < -0.3 is 14.9 Å². The summed E-state index contributed by atoms with van der Waals surface area (Å²) >= 11 is 0. The van der Waals surface area contributed by atoms with E-state index in [1.165, 1.54) is 64.2 Å². The summed E-state index contributed by atoms with van der Waals surface area (Å²) in [6, 6.07) is 0. The second-order valence-electron chi connectivity index (χ2n) is 7.56. The molecule has 0 heterocycles. The highest BCUT2D eigenvalue weighted by atomic mass is 16.5. The Morgan fingerprint density at radius 2 is 1.36 bits per heavy atom. The fourth-order valence-corrected chi connectivity index (χ4v) is 2.93. The molecule has 0 amide bonds. The van der Waals surface area contributed by atoms with Gasteiger partial charge in [-0.3, -0.25) is 4.79 Å². The van der Waals surface area contributed by atoms with Crippen molar-refractivity contribution in [2.45, 2.75) is 109 Å². The number of ether oxygens (including phenoxy) is 1. The van der Waals surface area contributed by atoms with Gasteiger partial charge in [-0.05, 0) is 38.5 Å². The number of carbonyl (C=O) groups excluding carboxylic acids is 1. The molecule has 0 bridgehead atoms. The quantitative estimate of drug-likeness (QED) is 0.153. The molecule has 28 heavy (non-hydrogen) atoms. The topological polar surface area (TPSA) is 66.8 Å². The predicted octanol–water partition coefficient (Wildman–Crippen LogP) is 5.87. The fraction of sp³-hybridized carbons (Fsp3) is 0.792. The normalized spacial score (nSPS) is 12.8. The lowest BCUT2D eigenvalue weighted by Gasteiger charge is -2.08. The van der Waals surface area contributed by atoms with Crippen LogP contribution in [0.4, 0.5) is 0 Å². The van der Waals surface area contributed by atoms with Crippen molar-refractivity contribution in [3.63, 3.8) is 0 Å². The average molecular weight is 397 g/mol. The Balaban J connectivity index is 3.26. The first-order valence-corrected chi connectivity index (χ1v) is 11.4. The summed E-state index contributed by atoms with van der Waals surface area (Å²) in [5.41, 5.74) is 0. The molecule has 0 radical (unpaired) electrons. The van der Waals surface area contributed by atoms with Gasteiger partial charge in [-0.1, -0.05) is 82.6 Å². The summed E-state index contributed by atoms with van der Waals surface area (Å²) in [5.74, 6) is -0.286. The maximum absolute atomic E-state index is 11.4. The van der Waals surface area contributed by atoms with E-state index in [0.717, 1.165) is 25.7 Å². The van der Waals surface area contributed by atoms with Crippen molar-refractivity contribution in [3.05, 3.63) is 24.3 Å². The van der Waals surface area contributed by atoms with Crippen LogP contribution in [0.2, 0.25) is 0 Å². The van der Waals surface area contributed by atoms with Crippen LogP contribution < -0.4 is 0 Å². The van der Waals surface area contributed by atoms with Crippen molar-refractivity contribution in [2.75, 3.05) is 13.2 Å². The molecular formula is C24H44O4. The van der Waals surface area contributed by atoms with Gasteiger partial charge in [0.25, 0.3) is 0 Å². The Morgan fingerprint density at radius 1 is 0.821 bits per heavy atom. The molecule has 0 aromatic rings. The number of aliphatic hydroxyl groups is 2. The maximum Gasteiger partial charge on any atom is 0.305 e. The van der Waals surface area contributed by atoms with Crippen LogP contribution >= 0.6 is 0 Å². The van der Waals surface area contributed by atoms with Crippen LogP contribution in [-0.2, 0) is 9.53 Å². The number of hydrogen-bond acceptors (Lipinski definition) is 4. The van der Waals surface area contributed by atoms with Gasteiger partial charge in [-0.25, -0.2) is 0 Å². The van der Waals surface area contributed by atoms with Gasteiger partial charge in [-0.2, -0.15) is 0 Å². The Morgan fingerprint density at radius 3 is 1.93 bits per heavy atom. The minimum absolute atomic E-state index is 0.112. The number of unbranched alkanes of at least 4 members (excludes halogenated alkanes) is 11. The van der Waals surface area contributed by atoms with Crippen molar-refractivity contribution in [3.8, 4) is 0 Å². The second kappa shape index (κ2) is 22.2. The van der Waals surface area contributed by atoms with Crippen molar-refractivity contribution >= 4 is 5.97 Å². The fourth-order valence-electron chi connectivity index (χ4n) is 2.93. The molecule has 0 aliphatic heterocycles. The Kier molecular flexibility index (Phi) is 21.3. The summed E-state index contributed by atoms with van der Waals surface area (Å²) in [7, 11) is 0. The molecule has 0 saturated carbocycles. The molecule has 0 aliphatic carbocycles. The van der Waals surface area contributed by atoms with Crippen molar-refractivity contribution in [1.29, 1.82) is 0 Å². The minimum atomic E-state index is -0.962. The van der Waals surface area contributed by atoms with E-state index in [0.29, 0.717) is 6.42 Å². The molecule has 0 saturated heterocycles. The van der Waals surface area contributed by atoms with Gasteiger partial charge >= 0.3 is 5.97 Å². The van der Waals surface area contributed by atoms with Crippen LogP contribution in [0.25, 0.3) is 0 Å². The van der Waals surface area contributed by atoms with E-state index in [-0.39, 0.29) is 19.2 Å². The third kappa shape index (κ3) is 21.2. The van der Waals surface area contributed by atoms with E-state index in [4.69, 9.17) is 14.9 Å². The molecule has 2 N–H and O–H groups in total. The number of aliphatic hydroxyl groups excluding tert-OH is 2. The number of rotatable bonds is 20. The number of allylic oxidation sites excluding steroid dienone is 4. The lowest BCUT2D eigenvalue weighted by Crippen LogP contribution is -2.21. The first-order valence-electron chi connectivity index (χ1n) is 11.4. The highest BCUT2D eigenvalue weighted by Crippen LogP contribution is 2.10. The molecule has 4 heteroatoms. The average Bonchev–Trinajstić information content (AvgIpc) is 2.71. The zero-order valence-corrected chi connectivity index (χ0v) is 18.1. The highest BCUT2D eigenvalue weighted by molar-refractivity contribution is 5.69. The molecular weight excluding hydrogens is 352 g/mol. The van der Waals surface area contributed by atoms with E-state index in [9.17, 15) is 4.79 Å². The van der Waals surface area contributed by atoms with Crippen LogP contribution in [0.1, 0.15) is 103 Å². The number of hydrogen-bond donors (Lipinski definition) is 2. The summed E-state index contributed by atoms with van der Waals surface area (Å²) in [5, 5.41) is 17.7. The number of carbonyl (C=O) groups is 1. The Hall–Kier alpha value is -1.13. The van der Waals surface area contributed by atoms with Crippen molar-refractivity contribution < 1.29 is 19.7 Å². The van der Waals surface area contributed by atoms with E-state index in [2.05, 4.69) is 31.2 Å². The molecule has 0 aromatic carbocycles. The van der Waals surface area contributed by atoms with Crippen LogP contribution in [0.15, 0.2) is 24.3 Å². The van der Waals surface area contributed by atoms with Gasteiger partial charge in [0.05, 0.1) is 6.61 Å². The van der Waals surface area contributed by atoms with E-state index >= 15 is 0 Å². The SMILES string of the molecule is CCCCCC/C=C\C/C=C\CCCCCCCCCC(=O)OCC(O)CO. The maximum atomic E-state index is 11.4. The second-order valence-corrected chi connectivity index (χ2v) is 7.56. The highest BCUT2D eigenvalue weighted by Gasteiger charge is 2.07. The predicted molar refractivity (Wildman–Crippen MR) is 117 cm³/mol. The third-order valence-electron chi connectivity index (χ3n) is 4.73. The lowest BCUT2D eigenvalue weighted by atomic mass is 10.1. The molecule has 0 spiro atoms. The molecule has 1 atom stereocenters. The number of esters is 1. The minimum Gasteiger partial charge on any atom is -0.463 e. The van der Waals surface area contributed by atoms with E-state index in [1.807, 2.05) is 0 Å². The van der Waals surface area contributed by atoms with E-state index in [1.54, 1.807) is 0 Å². The van der Waals surface area contributed by atoms with E-state index < -0.39 is 6.10 Å². The van der Waals surface area contributed by atoms with Crippen molar-refractivity contribution in [1.82, 2.24) is 0 Å². The largest absolute Gasteiger partial charge is 0.463 e. The molecule has 0 fully saturated rings. The van der Waals surface area contributed by atoms with Crippen LogP contribution in [0.3, 0.4) is 0 Å². The van der Waals surface area contributed by atoms with Gasteiger partial charge in [0, 0.05) is 6.42 Å². The van der Waals surface area contributed by atoms with Gasteiger partial charge in [-0.15, -0.1) is 0 Å². The summed E-state index contributed by atoms with van der Waals surface area (Å²) < 4.78 is 4.87. The molecule has 0 aromatic heterocycles. The van der Waals surface area contributed by atoms with Gasteiger partial charge in [0.1, 0.15) is 12.7 Å². The molecule has 1 unspecified atom stereocenters. The first kappa shape index (κ1) is 26.9. The molecule has 164 valence electrons. The molecule has 0 rings (SSSR count). The first-order chi connectivity index (χ1) is 13.7. The summed E-state index contributed by atoms with van der Waals surface area (Å²) in [6.07, 6.45) is 25.5. The third-order valence-corrected chi connectivity index (χ3v) is 4.73. The molecule has 0 aliphatic rings. The summed E-state index contributed by atoms with van der Waals surface area (Å²) in [4.78, 5) is 11.4. The zero-order chi connectivity index (χ0) is 20.7. The van der Waals surface area contributed by atoms with Crippen molar-refractivity contribution in [2.24, 2.45) is 0 Å². The van der Waals surface area contributed by atoms with Crippen LogP contribution in [-0.4, -0.2) is 35.5 Å². The Labute approximate surface area is 173 Å². The zero-order valence-electron chi connectivity index (χ0n) is 18.1. The van der Waals surface area contributed by atoms with Gasteiger partial charge in [0.2, 0.25) is 0 Å².